The molecule has 2 N–H and O–H groups in total. The number of hydrogen-bond acceptors (Lipinski definition) is 5. The normalized spacial score (nSPS) is 19.8. The van der Waals surface area contributed by atoms with Gasteiger partial charge >= 0.3 is 0 Å². The molecule has 2 heterocycles. The Kier molecular flexibility index (Phi) is 4.13. The number of H-pyrrole nitrogens is 1. The van der Waals surface area contributed by atoms with E-state index in [2.05, 4.69) is 35.3 Å². The largest absolute Gasteiger partial charge is 0.422 e. The molecule has 0 fully saturated rings. The number of nitrogens with zero attached hydrogens (tertiary/aromatic N) is 2. The molecule has 0 bridgehead atoms. The molecule has 0 saturated heterocycles. The highest BCUT2D eigenvalue weighted by molar-refractivity contribution is 5.84. The first-order valence-electron chi connectivity index (χ1n) is 7.50. The van der Waals surface area contributed by atoms with E-state index in [9.17, 15) is 5.26 Å². The Hall–Kier alpha value is -2.65. The van der Waals surface area contributed by atoms with Crippen LogP contribution in [-0.2, 0) is 17.8 Å². The Morgan fingerprint density at radius 1 is 1.39 bits per heavy atom. The topological polar surface area (TPSA) is 94.8 Å². The second-order valence-corrected chi connectivity index (χ2v) is 5.50. The van der Waals surface area contributed by atoms with E-state index >= 15 is 0 Å². The zero-order valence-corrected chi connectivity index (χ0v) is 13.1. The zero-order valence-electron chi connectivity index (χ0n) is 13.1. The van der Waals surface area contributed by atoms with Crippen LogP contribution in [0.3, 0.4) is 0 Å². The molecular weight excluding hydrogens is 292 g/mol. The van der Waals surface area contributed by atoms with Crippen molar-refractivity contribution in [2.75, 3.05) is 7.11 Å². The van der Waals surface area contributed by atoms with Gasteiger partial charge in [-0.25, -0.2) is 0 Å². The quantitative estimate of drug-likeness (QED) is 0.907. The zero-order chi connectivity index (χ0) is 16.4. The first-order valence-corrected chi connectivity index (χ1v) is 7.50. The van der Waals surface area contributed by atoms with Crippen molar-refractivity contribution in [1.29, 1.82) is 10.7 Å². The molecule has 118 valence electrons. The summed E-state index contributed by atoms with van der Waals surface area (Å²) >= 11 is 0. The summed E-state index contributed by atoms with van der Waals surface area (Å²) in [5.41, 5.74) is 3.79. The summed E-state index contributed by atoms with van der Waals surface area (Å²) in [5, 5.41) is 24.6. The van der Waals surface area contributed by atoms with Crippen LogP contribution in [0.15, 0.2) is 24.3 Å². The Labute approximate surface area is 134 Å². The average Bonchev–Trinajstić information content (AvgIpc) is 2.96. The van der Waals surface area contributed by atoms with Crippen molar-refractivity contribution in [3.8, 4) is 11.9 Å². The van der Waals surface area contributed by atoms with Crippen molar-refractivity contribution in [1.82, 2.24) is 10.2 Å². The molecule has 1 aliphatic rings. The molecular formula is C17H18N4O2. The number of nitriles is 1. The monoisotopic (exact) mass is 310 g/mol. The number of fused-ring (bicyclic) bond motifs is 1. The van der Waals surface area contributed by atoms with E-state index in [1.807, 2.05) is 12.1 Å². The molecule has 6 nitrogen and oxygen atoms in total. The molecule has 1 aliphatic heterocycles. The number of nitrogens with one attached hydrogen (secondary N) is 2. The van der Waals surface area contributed by atoms with Gasteiger partial charge in [0.15, 0.2) is 0 Å². The highest BCUT2D eigenvalue weighted by Crippen LogP contribution is 2.42. The molecule has 0 aliphatic carbocycles. The van der Waals surface area contributed by atoms with Crippen molar-refractivity contribution < 1.29 is 9.47 Å². The molecule has 0 amide bonds. The summed E-state index contributed by atoms with van der Waals surface area (Å²) < 4.78 is 10.6. The van der Waals surface area contributed by atoms with E-state index in [4.69, 9.17) is 14.9 Å². The van der Waals surface area contributed by atoms with Crippen LogP contribution in [0.1, 0.15) is 35.2 Å². The Bertz CT molecular complexity index is 758. The number of benzene rings is 1. The van der Waals surface area contributed by atoms with Gasteiger partial charge in [-0.05, 0) is 17.5 Å². The number of ether oxygens (including phenoxy) is 2. The summed E-state index contributed by atoms with van der Waals surface area (Å²) in [6.45, 7) is 2.45. The second-order valence-electron chi connectivity index (χ2n) is 5.50. The molecule has 2 aromatic rings. The third kappa shape index (κ3) is 2.60. The number of aromatic nitrogens is 2. The molecule has 2 atom stereocenters. The fourth-order valence-electron chi connectivity index (χ4n) is 2.96. The third-order valence-electron chi connectivity index (χ3n) is 4.16. The van der Waals surface area contributed by atoms with E-state index in [1.54, 1.807) is 7.11 Å². The number of hydrogen-bond donors (Lipinski definition) is 2. The average molecular weight is 310 g/mol. The lowest BCUT2D eigenvalue weighted by atomic mass is 9.79. The highest BCUT2D eigenvalue weighted by Gasteiger charge is 2.40. The number of aryl methyl sites for hydroxylation is 1. The summed E-state index contributed by atoms with van der Waals surface area (Å²) in [5.74, 6) is -0.674. The lowest BCUT2D eigenvalue weighted by Crippen LogP contribution is -2.31. The van der Waals surface area contributed by atoms with Gasteiger partial charge in [-0.15, -0.1) is 5.10 Å². The summed E-state index contributed by atoms with van der Waals surface area (Å²) in [6.07, 6.45) is 0.956. The Morgan fingerprint density at radius 3 is 2.74 bits per heavy atom. The summed E-state index contributed by atoms with van der Waals surface area (Å²) in [7, 11) is 1.60. The van der Waals surface area contributed by atoms with Gasteiger partial charge in [0, 0.05) is 18.6 Å². The minimum absolute atomic E-state index is 0.0694. The van der Waals surface area contributed by atoms with Gasteiger partial charge in [-0.1, -0.05) is 31.2 Å². The maximum atomic E-state index is 9.55. The van der Waals surface area contributed by atoms with Gasteiger partial charge in [0.25, 0.3) is 0 Å². The first-order chi connectivity index (χ1) is 11.2. The number of methoxy groups -OCH3 is 1. The smallest absolute Gasteiger partial charge is 0.243 e. The van der Waals surface area contributed by atoms with Crippen LogP contribution in [0.5, 0.6) is 5.88 Å². The van der Waals surface area contributed by atoms with E-state index < -0.39 is 5.92 Å². The standard InChI is InChI=1S/C17H18N4O2/c1-3-10-4-6-11(7-5-10)14-12(8-18)16(19)23-17-15(14)13(9-22-2)20-21-17/h4-7,12,14,19H,3,9H2,1-2H3,(H,20,21). The van der Waals surface area contributed by atoms with Crippen LogP contribution < -0.4 is 4.74 Å². The molecule has 2 unspecified atom stereocenters. The van der Waals surface area contributed by atoms with Crippen molar-refractivity contribution in [2.24, 2.45) is 5.92 Å². The van der Waals surface area contributed by atoms with E-state index in [-0.39, 0.29) is 11.8 Å². The first kappa shape index (κ1) is 15.3. The summed E-state index contributed by atoms with van der Waals surface area (Å²) in [4.78, 5) is 0. The molecule has 0 radical (unpaired) electrons. The van der Waals surface area contributed by atoms with Gasteiger partial charge in [0.1, 0.15) is 5.92 Å². The SMILES string of the molecule is CCc1ccc(C2c3c(n[nH]c3COC)OC(=N)C2C#N)cc1. The predicted molar refractivity (Wildman–Crippen MR) is 84.4 cm³/mol. The van der Waals surface area contributed by atoms with Gasteiger partial charge in [0.05, 0.1) is 18.4 Å². The van der Waals surface area contributed by atoms with Crippen LogP contribution >= 0.6 is 0 Å². The van der Waals surface area contributed by atoms with Crippen LogP contribution in [0, 0.1) is 22.7 Å². The lowest BCUT2D eigenvalue weighted by Gasteiger charge is -2.28. The van der Waals surface area contributed by atoms with Crippen molar-refractivity contribution in [2.45, 2.75) is 25.9 Å². The van der Waals surface area contributed by atoms with Crippen molar-refractivity contribution >= 4 is 5.90 Å². The maximum absolute atomic E-state index is 9.55. The van der Waals surface area contributed by atoms with Crippen LogP contribution in [0.4, 0.5) is 0 Å². The summed E-state index contributed by atoms with van der Waals surface area (Å²) in [6, 6.07) is 10.3. The molecule has 23 heavy (non-hydrogen) atoms. The number of rotatable bonds is 4. The maximum Gasteiger partial charge on any atom is 0.243 e. The van der Waals surface area contributed by atoms with E-state index in [1.165, 1.54) is 5.56 Å². The number of aromatic amines is 1. The van der Waals surface area contributed by atoms with Gasteiger partial charge in [0.2, 0.25) is 11.8 Å². The molecule has 3 rings (SSSR count). The van der Waals surface area contributed by atoms with Gasteiger partial charge in [-0.3, -0.25) is 10.5 Å². The third-order valence-corrected chi connectivity index (χ3v) is 4.16. The minimum Gasteiger partial charge on any atom is -0.422 e. The van der Waals surface area contributed by atoms with Crippen molar-refractivity contribution in [3.63, 3.8) is 0 Å². The van der Waals surface area contributed by atoms with Crippen LogP contribution in [0.2, 0.25) is 0 Å². The molecule has 1 aromatic heterocycles. The van der Waals surface area contributed by atoms with Crippen LogP contribution in [0.25, 0.3) is 0 Å². The lowest BCUT2D eigenvalue weighted by molar-refractivity contribution is 0.180. The van der Waals surface area contributed by atoms with E-state index in [0.717, 1.165) is 23.2 Å². The van der Waals surface area contributed by atoms with E-state index in [0.29, 0.717) is 12.5 Å². The van der Waals surface area contributed by atoms with Gasteiger partial charge in [-0.2, -0.15) is 5.26 Å². The van der Waals surface area contributed by atoms with Gasteiger partial charge < -0.3 is 9.47 Å². The molecule has 1 aromatic carbocycles. The second kappa shape index (κ2) is 6.23. The molecule has 0 saturated carbocycles. The fourth-order valence-corrected chi connectivity index (χ4v) is 2.96. The predicted octanol–water partition coefficient (Wildman–Crippen LogP) is 2.76. The van der Waals surface area contributed by atoms with Crippen molar-refractivity contribution in [3.05, 3.63) is 46.6 Å². The molecule has 6 heteroatoms. The Morgan fingerprint density at radius 2 is 2.13 bits per heavy atom. The van der Waals surface area contributed by atoms with Crippen LogP contribution in [-0.4, -0.2) is 23.2 Å². The minimum atomic E-state index is -0.678. The fraction of sp³-hybridized carbons (Fsp3) is 0.353. The highest BCUT2D eigenvalue weighted by atomic mass is 16.5. The Balaban J connectivity index is 2.13. The molecule has 0 spiro atoms.